The lowest BCUT2D eigenvalue weighted by molar-refractivity contribution is -0.122. The fourth-order valence-corrected chi connectivity index (χ4v) is 3.77. The first kappa shape index (κ1) is 23.4. The highest BCUT2D eigenvalue weighted by Gasteiger charge is 2.25. The molecular formula is C24H34N6O2. The van der Waals surface area contributed by atoms with Gasteiger partial charge in [-0.25, -0.2) is 9.98 Å². The topological polar surface area (TPSA) is 96.1 Å². The number of amides is 1. The van der Waals surface area contributed by atoms with Crippen molar-refractivity contribution in [1.29, 1.82) is 0 Å². The van der Waals surface area contributed by atoms with Crippen LogP contribution in [0, 0.1) is 5.92 Å². The van der Waals surface area contributed by atoms with Gasteiger partial charge in [0.1, 0.15) is 18.2 Å². The van der Waals surface area contributed by atoms with Crippen LogP contribution in [0.3, 0.4) is 0 Å². The molecule has 32 heavy (non-hydrogen) atoms. The Bertz CT molecular complexity index is 881. The van der Waals surface area contributed by atoms with Crippen LogP contribution in [0.4, 0.5) is 5.82 Å². The average Bonchev–Trinajstić information content (AvgIpc) is 2.82. The predicted molar refractivity (Wildman–Crippen MR) is 128 cm³/mol. The molecule has 1 aromatic carbocycles. The van der Waals surface area contributed by atoms with Crippen LogP contribution in [0.15, 0.2) is 53.7 Å². The molecule has 1 aliphatic rings. The van der Waals surface area contributed by atoms with Gasteiger partial charge >= 0.3 is 0 Å². The molecular weight excluding hydrogens is 404 g/mol. The number of aromatic nitrogens is 1. The second kappa shape index (κ2) is 11.9. The lowest BCUT2D eigenvalue weighted by atomic mass is 9.96. The highest BCUT2D eigenvalue weighted by Crippen LogP contribution is 2.25. The van der Waals surface area contributed by atoms with Crippen molar-refractivity contribution >= 4 is 17.7 Å². The van der Waals surface area contributed by atoms with Crippen molar-refractivity contribution in [3.63, 3.8) is 0 Å². The zero-order valence-corrected chi connectivity index (χ0v) is 19.0. The number of hydrogen-bond donors (Lipinski definition) is 2. The van der Waals surface area contributed by atoms with Gasteiger partial charge < -0.3 is 25.6 Å². The Hall–Kier alpha value is -3.29. The Kier molecular flexibility index (Phi) is 8.71. The van der Waals surface area contributed by atoms with E-state index in [9.17, 15) is 4.79 Å². The number of pyridine rings is 1. The van der Waals surface area contributed by atoms with E-state index < -0.39 is 0 Å². The summed E-state index contributed by atoms with van der Waals surface area (Å²) in [5.74, 6) is 2.38. The molecule has 1 aromatic heterocycles. The quantitative estimate of drug-likeness (QED) is 0.461. The molecule has 8 nitrogen and oxygen atoms in total. The number of carbonyl (C=O) groups excluding carboxylic acids is 1. The summed E-state index contributed by atoms with van der Waals surface area (Å²) in [4.78, 5) is 25.2. The van der Waals surface area contributed by atoms with Crippen molar-refractivity contribution in [3.05, 3.63) is 54.2 Å². The summed E-state index contributed by atoms with van der Waals surface area (Å²) in [5, 5.41) is 3.35. The number of para-hydroxylation sites is 1. The van der Waals surface area contributed by atoms with E-state index in [2.05, 4.69) is 33.1 Å². The zero-order valence-electron chi connectivity index (χ0n) is 19.0. The summed E-state index contributed by atoms with van der Waals surface area (Å²) in [7, 11) is 2.01. The molecule has 0 atom stereocenters. The molecule has 172 valence electrons. The fourth-order valence-electron chi connectivity index (χ4n) is 3.77. The van der Waals surface area contributed by atoms with Gasteiger partial charge in [0.25, 0.3) is 0 Å². The minimum atomic E-state index is -0.204. The number of aliphatic imine (C=N–C) groups is 1. The lowest BCUT2D eigenvalue weighted by Gasteiger charge is -2.32. The first-order valence-corrected chi connectivity index (χ1v) is 11.2. The first-order chi connectivity index (χ1) is 15.6. The molecule has 3 N–H and O–H groups in total. The van der Waals surface area contributed by atoms with Crippen molar-refractivity contribution in [2.24, 2.45) is 16.6 Å². The molecule has 8 heteroatoms. The number of primary amides is 1. The zero-order chi connectivity index (χ0) is 22.8. The lowest BCUT2D eigenvalue weighted by Crippen LogP contribution is -2.41. The van der Waals surface area contributed by atoms with Gasteiger partial charge in [-0.3, -0.25) is 4.79 Å². The number of nitrogens with zero attached hydrogens (tertiary/aromatic N) is 4. The monoisotopic (exact) mass is 438 g/mol. The highest BCUT2D eigenvalue weighted by atomic mass is 16.5. The molecule has 0 spiro atoms. The number of guanidine groups is 1. The molecule has 1 aliphatic heterocycles. The highest BCUT2D eigenvalue weighted by molar-refractivity contribution is 5.79. The molecule has 0 saturated carbocycles. The second-order valence-corrected chi connectivity index (χ2v) is 7.90. The number of benzene rings is 1. The van der Waals surface area contributed by atoms with Crippen LogP contribution in [0.2, 0.25) is 0 Å². The van der Waals surface area contributed by atoms with Crippen molar-refractivity contribution in [3.8, 4) is 5.75 Å². The van der Waals surface area contributed by atoms with Gasteiger partial charge in [0.05, 0.1) is 13.1 Å². The number of anilines is 1. The van der Waals surface area contributed by atoms with Crippen molar-refractivity contribution in [2.45, 2.75) is 26.3 Å². The number of piperidine rings is 1. The third-order valence-electron chi connectivity index (χ3n) is 5.60. The molecule has 0 bridgehead atoms. The first-order valence-electron chi connectivity index (χ1n) is 11.2. The maximum absolute atomic E-state index is 11.5. The van der Waals surface area contributed by atoms with Gasteiger partial charge in [-0.15, -0.1) is 0 Å². The molecule has 0 unspecified atom stereocenters. The van der Waals surface area contributed by atoms with Crippen LogP contribution >= 0.6 is 0 Å². The molecule has 3 rings (SSSR count). The molecule has 2 aromatic rings. The van der Waals surface area contributed by atoms with E-state index in [1.165, 1.54) is 0 Å². The fraction of sp³-hybridized carbons (Fsp3) is 0.458. The van der Waals surface area contributed by atoms with E-state index in [-0.39, 0.29) is 11.8 Å². The summed E-state index contributed by atoms with van der Waals surface area (Å²) in [6.07, 6.45) is 3.34. The molecule has 2 heterocycles. The Morgan fingerprint density at radius 3 is 2.69 bits per heavy atom. The molecule has 1 fully saturated rings. The molecule has 0 aliphatic carbocycles. The number of ether oxygens (including phenoxy) is 1. The third-order valence-corrected chi connectivity index (χ3v) is 5.60. The summed E-state index contributed by atoms with van der Waals surface area (Å²) >= 11 is 0. The molecule has 1 saturated heterocycles. The number of likely N-dealkylation sites (N-methyl/N-ethyl adjacent to an activating group) is 1. The van der Waals surface area contributed by atoms with E-state index in [1.807, 2.05) is 43.4 Å². The van der Waals surface area contributed by atoms with Crippen LogP contribution in [-0.4, -0.2) is 61.6 Å². The maximum Gasteiger partial charge on any atom is 0.220 e. The number of hydrogen-bond acceptors (Lipinski definition) is 5. The van der Waals surface area contributed by atoms with Crippen molar-refractivity contribution < 1.29 is 9.53 Å². The largest absolute Gasteiger partial charge is 0.492 e. The minimum absolute atomic E-state index is 0.0384. The summed E-state index contributed by atoms with van der Waals surface area (Å²) < 4.78 is 5.82. The standard InChI is InChI=1S/C24H34N6O2/c1-3-26-24(29(2)16-17-32-21-9-5-4-6-10-21)28-18-20-8-7-13-27-23(20)30-14-11-19(12-15-30)22(25)31/h4-10,13,19H,3,11-12,14-18H2,1-2H3,(H2,25,31)(H,26,28). The Morgan fingerprint density at radius 1 is 1.25 bits per heavy atom. The second-order valence-electron chi connectivity index (χ2n) is 7.90. The van der Waals surface area contributed by atoms with E-state index >= 15 is 0 Å². The van der Waals surface area contributed by atoms with Gasteiger partial charge in [-0.2, -0.15) is 0 Å². The van der Waals surface area contributed by atoms with Crippen molar-refractivity contribution in [2.75, 3.05) is 44.7 Å². The average molecular weight is 439 g/mol. The Morgan fingerprint density at radius 2 is 2.00 bits per heavy atom. The van der Waals surface area contributed by atoms with E-state index in [0.717, 1.165) is 55.6 Å². The normalized spacial score (nSPS) is 14.8. The smallest absolute Gasteiger partial charge is 0.220 e. The Labute approximate surface area is 190 Å². The Balaban J connectivity index is 1.61. The van der Waals surface area contributed by atoms with Crippen molar-refractivity contribution in [1.82, 2.24) is 15.2 Å². The van der Waals surface area contributed by atoms with Crippen LogP contribution in [0.5, 0.6) is 5.75 Å². The van der Waals surface area contributed by atoms with Gasteiger partial charge in [0.15, 0.2) is 5.96 Å². The van der Waals surface area contributed by atoms with Crippen LogP contribution < -0.4 is 20.7 Å². The van der Waals surface area contributed by atoms with Gasteiger partial charge in [-0.05, 0) is 38.0 Å². The van der Waals surface area contributed by atoms with Gasteiger partial charge in [0, 0.05) is 44.4 Å². The number of nitrogens with one attached hydrogen (secondary N) is 1. The molecule has 1 amide bonds. The van der Waals surface area contributed by atoms with E-state index in [4.69, 9.17) is 15.5 Å². The summed E-state index contributed by atoms with van der Waals surface area (Å²) in [6.45, 7) is 6.19. The SMILES string of the molecule is CCNC(=NCc1cccnc1N1CCC(C(N)=O)CC1)N(C)CCOc1ccccc1. The van der Waals surface area contributed by atoms with Crippen LogP contribution in [-0.2, 0) is 11.3 Å². The third kappa shape index (κ3) is 6.60. The maximum atomic E-state index is 11.5. The van der Waals surface area contributed by atoms with Gasteiger partial charge in [-0.1, -0.05) is 24.3 Å². The molecule has 0 radical (unpaired) electrons. The number of carbonyl (C=O) groups is 1. The van der Waals surface area contributed by atoms with E-state index in [1.54, 1.807) is 6.20 Å². The summed E-state index contributed by atoms with van der Waals surface area (Å²) in [6, 6.07) is 13.8. The number of rotatable bonds is 9. The van der Waals surface area contributed by atoms with E-state index in [0.29, 0.717) is 19.7 Å². The van der Waals surface area contributed by atoms with Gasteiger partial charge in [0.2, 0.25) is 5.91 Å². The predicted octanol–water partition coefficient (Wildman–Crippen LogP) is 2.26. The summed E-state index contributed by atoms with van der Waals surface area (Å²) in [5.41, 5.74) is 6.54. The number of nitrogens with two attached hydrogens (primary N) is 1. The van der Waals surface area contributed by atoms with Crippen LogP contribution in [0.25, 0.3) is 0 Å². The minimum Gasteiger partial charge on any atom is -0.492 e. The van der Waals surface area contributed by atoms with Crippen LogP contribution in [0.1, 0.15) is 25.3 Å².